The van der Waals surface area contributed by atoms with Crippen molar-refractivity contribution in [2.75, 3.05) is 0 Å². The minimum atomic E-state index is -1.49. The lowest BCUT2D eigenvalue weighted by Crippen LogP contribution is -2.08. The standard InChI is InChI=1S/C9H11FO2/c1-9(2,10)6-3-4-7(11)8(12)5-6/h3-5,11-12H,1-2H3. The van der Waals surface area contributed by atoms with Crippen molar-refractivity contribution >= 4 is 0 Å². The summed E-state index contributed by atoms with van der Waals surface area (Å²) in [5.74, 6) is -0.527. The minimum Gasteiger partial charge on any atom is -0.504 e. The van der Waals surface area contributed by atoms with Gasteiger partial charge in [-0.2, -0.15) is 0 Å². The zero-order valence-electron chi connectivity index (χ0n) is 7.00. The van der Waals surface area contributed by atoms with Gasteiger partial charge in [0.1, 0.15) is 5.67 Å². The molecule has 0 aliphatic rings. The Hall–Kier alpha value is -1.25. The van der Waals surface area contributed by atoms with Crippen LogP contribution in [0.2, 0.25) is 0 Å². The summed E-state index contributed by atoms with van der Waals surface area (Å²) in [7, 11) is 0. The highest BCUT2D eigenvalue weighted by Crippen LogP contribution is 2.32. The van der Waals surface area contributed by atoms with Crippen LogP contribution in [0.1, 0.15) is 19.4 Å². The van der Waals surface area contributed by atoms with Crippen LogP contribution >= 0.6 is 0 Å². The second kappa shape index (κ2) is 2.66. The second-order valence-electron chi connectivity index (χ2n) is 3.18. The highest BCUT2D eigenvalue weighted by Gasteiger charge is 2.19. The first-order valence-corrected chi connectivity index (χ1v) is 3.62. The van der Waals surface area contributed by atoms with Gasteiger partial charge >= 0.3 is 0 Å². The molecule has 0 heterocycles. The average Bonchev–Trinajstić information content (AvgIpc) is 1.92. The first-order valence-electron chi connectivity index (χ1n) is 3.62. The van der Waals surface area contributed by atoms with Gasteiger partial charge in [0.25, 0.3) is 0 Å². The highest BCUT2D eigenvalue weighted by atomic mass is 19.1. The van der Waals surface area contributed by atoms with Crippen molar-refractivity contribution in [1.29, 1.82) is 0 Å². The lowest BCUT2D eigenvalue weighted by atomic mass is 10.00. The van der Waals surface area contributed by atoms with E-state index in [0.29, 0.717) is 5.56 Å². The van der Waals surface area contributed by atoms with Crippen molar-refractivity contribution in [2.24, 2.45) is 0 Å². The van der Waals surface area contributed by atoms with Gasteiger partial charge in [0, 0.05) is 0 Å². The second-order valence-corrected chi connectivity index (χ2v) is 3.18. The van der Waals surface area contributed by atoms with E-state index in [1.165, 1.54) is 32.0 Å². The maximum absolute atomic E-state index is 13.2. The van der Waals surface area contributed by atoms with Crippen LogP contribution in [-0.4, -0.2) is 10.2 Å². The molecule has 0 aromatic heterocycles. The van der Waals surface area contributed by atoms with Crippen molar-refractivity contribution in [1.82, 2.24) is 0 Å². The number of alkyl halides is 1. The summed E-state index contributed by atoms with van der Waals surface area (Å²) in [6.45, 7) is 2.78. The molecule has 0 aliphatic carbocycles. The van der Waals surface area contributed by atoms with Crippen LogP contribution in [0.5, 0.6) is 11.5 Å². The van der Waals surface area contributed by atoms with E-state index < -0.39 is 5.67 Å². The van der Waals surface area contributed by atoms with Crippen LogP contribution in [0.3, 0.4) is 0 Å². The SMILES string of the molecule is CC(C)(F)c1ccc(O)c(O)c1. The van der Waals surface area contributed by atoms with E-state index in [1.807, 2.05) is 0 Å². The largest absolute Gasteiger partial charge is 0.504 e. The predicted molar refractivity (Wildman–Crippen MR) is 43.9 cm³/mol. The van der Waals surface area contributed by atoms with Gasteiger partial charge in [-0.3, -0.25) is 0 Å². The van der Waals surface area contributed by atoms with Crippen molar-refractivity contribution in [3.63, 3.8) is 0 Å². The van der Waals surface area contributed by atoms with Gasteiger partial charge < -0.3 is 10.2 Å². The Labute approximate surface area is 70.3 Å². The lowest BCUT2D eigenvalue weighted by Gasteiger charge is -2.14. The van der Waals surface area contributed by atoms with Crippen molar-refractivity contribution in [3.05, 3.63) is 23.8 Å². The molecule has 0 unspecified atom stereocenters. The molecule has 1 rings (SSSR count). The normalized spacial score (nSPS) is 11.6. The molecule has 0 saturated carbocycles. The van der Waals surface area contributed by atoms with E-state index in [4.69, 9.17) is 10.2 Å². The fourth-order valence-corrected chi connectivity index (χ4v) is 0.893. The summed E-state index contributed by atoms with van der Waals surface area (Å²) in [5, 5.41) is 18.0. The molecule has 0 bridgehead atoms. The summed E-state index contributed by atoms with van der Waals surface area (Å²) in [4.78, 5) is 0. The minimum absolute atomic E-state index is 0.233. The topological polar surface area (TPSA) is 40.5 Å². The summed E-state index contributed by atoms with van der Waals surface area (Å²) in [5.41, 5.74) is -1.15. The third kappa shape index (κ3) is 1.67. The molecule has 0 spiro atoms. The van der Waals surface area contributed by atoms with Crippen LogP contribution < -0.4 is 0 Å². The van der Waals surface area contributed by atoms with Crippen molar-refractivity contribution in [3.8, 4) is 11.5 Å². The van der Waals surface area contributed by atoms with Gasteiger partial charge in [-0.1, -0.05) is 6.07 Å². The molecule has 0 radical (unpaired) electrons. The van der Waals surface area contributed by atoms with E-state index in [0.717, 1.165) is 0 Å². The van der Waals surface area contributed by atoms with Gasteiger partial charge in [0.05, 0.1) is 0 Å². The Morgan fingerprint density at radius 2 is 1.75 bits per heavy atom. The van der Waals surface area contributed by atoms with Gasteiger partial charge in [-0.25, -0.2) is 4.39 Å². The van der Waals surface area contributed by atoms with Crippen LogP contribution in [0.25, 0.3) is 0 Å². The number of phenols is 2. The Morgan fingerprint density at radius 1 is 1.17 bits per heavy atom. The van der Waals surface area contributed by atoms with Crippen LogP contribution in [-0.2, 0) is 5.67 Å². The third-order valence-corrected chi connectivity index (χ3v) is 1.66. The molecule has 2 N–H and O–H groups in total. The maximum atomic E-state index is 13.2. The van der Waals surface area contributed by atoms with Gasteiger partial charge in [-0.05, 0) is 31.5 Å². The Kier molecular flexibility index (Phi) is 1.96. The van der Waals surface area contributed by atoms with E-state index in [-0.39, 0.29) is 11.5 Å². The molecule has 1 aromatic rings. The monoisotopic (exact) mass is 170 g/mol. The molecule has 0 atom stereocenters. The van der Waals surface area contributed by atoms with E-state index in [2.05, 4.69) is 0 Å². The zero-order chi connectivity index (χ0) is 9.35. The molecule has 66 valence electrons. The molecular formula is C9H11FO2. The summed E-state index contributed by atoms with van der Waals surface area (Å²) in [6, 6.07) is 3.93. The number of phenolic OH excluding ortho intramolecular Hbond substituents is 2. The number of aromatic hydroxyl groups is 2. The third-order valence-electron chi connectivity index (χ3n) is 1.66. The summed E-state index contributed by atoms with van der Waals surface area (Å²) >= 11 is 0. The Morgan fingerprint density at radius 3 is 2.17 bits per heavy atom. The van der Waals surface area contributed by atoms with E-state index in [1.54, 1.807) is 0 Å². The molecule has 12 heavy (non-hydrogen) atoms. The molecule has 2 nitrogen and oxygen atoms in total. The maximum Gasteiger partial charge on any atom is 0.157 e. The van der Waals surface area contributed by atoms with Crippen LogP contribution in [0.4, 0.5) is 4.39 Å². The summed E-state index contributed by atoms with van der Waals surface area (Å²) < 4.78 is 13.2. The molecular weight excluding hydrogens is 159 g/mol. The number of hydrogen-bond acceptors (Lipinski definition) is 2. The average molecular weight is 170 g/mol. The zero-order valence-corrected chi connectivity index (χ0v) is 7.00. The fourth-order valence-electron chi connectivity index (χ4n) is 0.893. The Balaban J connectivity index is 3.14. The van der Waals surface area contributed by atoms with Gasteiger partial charge in [0.15, 0.2) is 11.5 Å². The quantitative estimate of drug-likeness (QED) is 0.635. The first kappa shape index (κ1) is 8.84. The lowest BCUT2D eigenvalue weighted by molar-refractivity contribution is 0.220. The number of halogens is 1. The Bertz CT molecular complexity index is 289. The molecule has 0 fully saturated rings. The smallest absolute Gasteiger partial charge is 0.157 e. The van der Waals surface area contributed by atoms with E-state index >= 15 is 0 Å². The molecule has 0 aliphatic heterocycles. The van der Waals surface area contributed by atoms with Crippen LogP contribution in [0.15, 0.2) is 18.2 Å². The number of hydrogen-bond donors (Lipinski definition) is 2. The summed E-state index contributed by atoms with van der Waals surface area (Å²) in [6.07, 6.45) is 0. The fraction of sp³-hybridized carbons (Fsp3) is 0.333. The molecule has 0 saturated heterocycles. The molecule has 0 amide bonds. The molecule has 1 aromatic carbocycles. The van der Waals surface area contributed by atoms with Gasteiger partial charge in [0.2, 0.25) is 0 Å². The predicted octanol–water partition coefficient (Wildman–Crippen LogP) is 2.30. The van der Waals surface area contributed by atoms with Gasteiger partial charge in [-0.15, -0.1) is 0 Å². The van der Waals surface area contributed by atoms with Crippen LogP contribution in [0, 0.1) is 0 Å². The highest BCUT2D eigenvalue weighted by molar-refractivity contribution is 5.42. The van der Waals surface area contributed by atoms with Crippen molar-refractivity contribution < 1.29 is 14.6 Å². The first-order chi connectivity index (χ1) is 5.41. The van der Waals surface area contributed by atoms with E-state index in [9.17, 15) is 4.39 Å². The van der Waals surface area contributed by atoms with Crippen molar-refractivity contribution in [2.45, 2.75) is 19.5 Å². The molecule has 3 heteroatoms. The number of rotatable bonds is 1. The number of benzene rings is 1.